The summed E-state index contributed by atoms with van der Waals surface area (Å²) in [6.07, 6.45) is 1.12. The minimum absolute atomic E-state index is 0.0644. The zero-order chi connectivity index (χ0) is 17.6. The van der Waals surface area contributed by atoms with Gasteiger partial charge in [-0.05, 0) is 27.2 Å². The molecule has 0 saturated heterocycles. The summed E-state index contributed by atoms with van der Waals surface area (Å²) in [7, 11) is -5.24. The molecule has 134 valence electrons. The summed E-state index contributed by atoms with van der Waals surface area (Å²) < 4.78 is 18.9. The topological polar surface area (TPSA) is 27.7 Å². The van der Waals surface area contributed by atoms with Crippen molar-refractivity contribution in [3.63, 3.8) is 0 Å². The van der Waals surface area contributed by atoms with Gasteiger partial charge in [-0.2, -0.15) is 0 Å². The summed E-state index contributed by atoms with van der Waals surface area (Å²) in [5.41, 5.74) is 0. The second-order valence-electron chi connectivity index (χ2n) is 7.54. The van der Waals surface area contributed by atoms with Gasteiger partial charge in [0.25, 0.3) is 0 Å². The van der Waals surface area contributed by atoms with Crippen LogP contribution in [0.2, 0.25) is 39.3 Å². The molecule has 0 saturated carbocycles. The van der Waals surface area contributed by atoms with Crippen LogP contribution in [0, 0.1) is 0 Å². The SMILES string of the molecule is CCO[Si](OCC)(OCC)C(CC)P([Si](C)(C)C)[Si](C)(C)C. The van der Waals surface area contributed by atoms with Crippen molar-refractivity contribution in [2.45, 2.75) is 78.7 Å². The van der Waals surface area contributed by atoms with E-state index >= 15 is 0 Å². The molecule has 0 spiro atoms. The number of rotatable bonds is 11. The van der Waals surface area contributed by atoms with E-state index in [1.165, 1.54) is 0 Å². The maximum atomic E-state index is 6.29. The second kappa shape index (κ2) is 9.45. The van der Waals surface area contributed by atoms with Crippen LogP contribution in [-0.4, -0.2) is 49.4 Å². The molecule has 0 radical (unpaired) electrons. The van der Waals surface area contributed by atoms with E-state index in [2.05, 4.69) is 67.0 Å². The Hall–Kier alpha value is 0.961. The summed E-state index contributed by atoms with van der Waals surface area (Å²) in [6.45, 7) is 25.7. The number of hydrogen-bond acceptors (Lipinski definition) is 3. The molecule has 7 heteroatoms. The average molecular weight is 383 g/mol. The quantitative estimate of drug-likeness (QED) is 0.348. The molecule has 0 aromatic carbocycles. The van der Waals surface area contributed by atoms with Crippen molar-refractivity contribution in [3.05, 3.63) is 0 Å². The Labute approximate surface area is 143 Å². The van der Waals surface area contributed by atoms with Crippen LogP contribution < -0.4 is 0 Å². The van der Waals surface area contributed by atoms with Gasteiger partial charge in [0.2, 0.25) is 0 Å². The smallest absolute Gasteiger partial charge is 0.373 e. The summed E-state index contributed by atoms with van der Waals surface area (Å²) >= 11 is 0. The van der Waals surface area contributed by atoms with Crippen molar-refractivity contribution in [3.8, 4) is 0 Å². The van der Waals surface area contributed by atoms with Crippen LogP contribution in [0.25, 0.3) is 0 Å². The van der Waals surface area contributed by atoms with Gasteiger partial charge in [0.1, 0.15) is 0 Å². The Morgan fingerprint density at radius 1 is 0.682 bits per heavy atom. The molecular formula is C15H39O3PSi3. The van der Waals surface area contributed by atoms with Crippen molar-refractivity contribution in [2.75, 3.05) is 19.8 Å². The molecule has 1 unspecified atom stereocenters. The Balaban J connectivity index is 5.96. The molecule has 1 atom stereocenters. The van der Waals surface area contributed by atoms with Gasteiger partial charge in [-0.25, -0.2) is 0 Å². The first-order chi connectivity index (χ1) is 10.00. The van der Waals surface area contributed by atoms with Gasteiger partial charge in [0.05, 0.1) is 15.5 Å². The summed E-state index contributed by atoms with van der Waals surface area (Å²) in [5, 5.41) is 0.501. The molecule has 0 amide bonds. The predicted molar refractivity (Wildman–Crippen MR) is 108 cm³/mol. The Morgan fingerprint density at radius 3 is 1.18 bits per heavy atom. The monoisotopic (exact) mass is 382 g/mol. The molecule has 0 aliphatic carbocycles. The van der Waals surface area contributed by atoms with Crippen LogP contribution in [0.1, 0.15) is 34.1 Å². The molecular weight excluding hydrogens is 343 g/mol. The minimum atomic E-state index is -2.61. The molecule has 0 aliphatic heterocycles. The van der Waals surface area contributed by atoms with E-state index in [0.717, 1.165) is 6.42 Å². The lowest BCUT2D eigenvalue weighted by atomic mass is 10.6. The van der Waals surface area contributed by atoms with Crippen molar-refractivity contribution in [2.24, 2.45) is 0 Å². The highest BCUT2D eigenvalue weighted by Gasteiger charge is 2.56. The maximum absolute atomic E-state index is 6.29. The first-order valence-electron chi connectivity index (χ1n) is 8.71. The third-order valence-electron chi connectivity index (χ3n) is 3.59. The molecule has 0 aromatic heterocycles. The first-order valence-corrected chi connectivity index (χ1v) is 20.6. The van der Waals surface area contributed by atoms with Gasteiger partial charge in [-0.3, -0.25) is 0 Å². The van der Waals surface area contributed by atoms with E-state index in [9.17, 15) is 0 Å². The zero-order valence-corrected chi connectivity index (χ0v) is 20.5. The molecule has 0 fully saturated rings. The second-order valence-corrected chi connectivity index (χ2v) is 33.1. The van der Waals surface area contributed by atoms with Gasteiger partial charge in [0, 0.05) is 25.1 Å². The molecule has 0 N–H and O–H groups in total. The minimum Gasteiger partial charge on any atom is -0.373 e. The molecule has 0 aliphatic rings. The molecule has 0 bridgehead atoms. The van der Waals surface area contributed by atoms with Crippen LogP contribution in [0.5, 0.6) is 0 Å². The molecule has 3 nitrogen and oxygen atoms in total. The summed E-state index contributed by atoms with van der Waals surface area (Å²) in [6, 6.07) is 0. The predicted octanol–water partition coefficient (Wildman–Crippen LogP) is 5.50. The van der Waals surface area contributed by atoms with Crippen LogP contribution in [0.15, 0.2) is 0 Å². The highest BCUT2D eigenvalue weighted by atomic mass is 31.6. The van der Waals surface area contributed by atoms with E-state index in [4.69, 9.17) is 13.3 Å². The molecule has 0 heterocycles. The van der Waals surface area contributed by atoms with E-state index in [1.54, 1.807) is 0 Å². The zero-order valence-electron chi connectivity index (χ0n) is 16.6. The highest BCUT2D eigenvalue weighted by molar-refractivity contribution is 8.19. The van der Waals surface area contributed by atoms with Gasteiger partial charge < -0.3 is 13.3 Å². The lowest BCUT2D eigenvalue weighted by molar-refractivity contribution is 0.0689. The number of hydrogen-bond donors (Lipinski definition) is 0. The molecule has 0 aromatic rings. The Morgan fingerprint density at radius 2 is 1.00 bits per heavy atom. The average Bonchev–Trinajstić information content (AvgIpc) is 2.33. The normalized spacial score (nSPS) is 15.4. The maximum Gasteiger partial charge on any atom is 0.507 e. The standard InChI is InChI=1S/C15H39O3PSi3/c1-11-15(19(20(5,6)7)21(8,9)10)22(16-12-2,17-13-3)18-14-4/h15H,11-14H2,1-10H3. The van der Waals surface area contributed by atoms with E-state index in [1.807, 2.05) is 0 Å². The van der Waals surface area contributed by atoms with Gasteiger partial charge in [-0.1, -0.05) is 46.2 Å². The van der Waals surface area contributed by atoms with Gasteiger partial charge >= 0.3 is 8.80 Å². The van der Waals surface area contributed by atoms with Crippen molar-refractivity contribution in [1.82, 2.24) is 0 Å². The lowest BCUT2D eigenvalue weighted by Crippen LogP contribution is -2.59. The Bertz CT molecular complexity index is 285. The highest BCUT2D eigenvalue weighted by Crippen LogP contribution is 2.61. The third kappa shape index (κ3) is 6.11. The van der Waals surface area contributed by atoms with E-state index in [0.29, 0.717) is 25.1 Å². The fourth-order valence-electron chi connectivity index (χ4n) is 3.55. The van der Waals surface area contributed by atoms with Crippen LogP contribution in [0.4, 0.5) is 0 Å². The van der Waals surface area contributed by atoms with Crippen LogP contribution in [-0.2, 0) is 13.3 Å². The Kier molecular flexibility index (Phi) is 9.86. The van der Waals surface area contributed by atoms with Crippen molar-refractivity contribution < 1.29 is 13.3 Å². The van der Waals surface area contributed by atoms with Crippen LogP contribution >= 0.6 is 7.02 Å². The van der Waals surface area contributed by atoms with Crippen LogP contribution in [0.3, 0.4) is 0 Å². The van der Waals surface area contributed by atoms with Crippen molar-refractivity contribution in [1.29, 1.82) is 0 Å². The van der Waals surface area contributed by atoms with E-state index in [-0.39, 0.29) is 7.02 Å². The molecule has 0 rings (SSSR count). The largest absolute Gasteiger partial charge is 0.507 e. The summed E-state index contributed by atoms with van der Waals surface area (Å²) in [4.78, 5) is 0. The first kappa shape index (κ1) is 23.0. The fraction of sp³-hybridized carbons (Fsp3) is 1.00. The molecule has 22 heavy (non-hydrogen) atoms. The fourth-order valence-corrected chi connectivity index (χ4v) is 52.9. The summed E-state index contributed by atoms with van der Waals surface area (Å²) in [5.74, 6) is 0. The van der Waals surface area contributed by atoms with Crippen molar-refractivity contribution >= 4 is 31.3 Å². The van der Waals surface area contributed by atoms with E-state index < -0.39 is 24.3 Å². The van der Waals surface area contributed by atoms with Gasteiger partial charge in [-0.15, -0.1) is 7.02 Å². The third-order valence-corrected chi connectivity index (χ3v) is 36.7. The lowest BCUT2D eigenvalue weighted by Gasteiger charge is -2.49. The van der Waals surface area contributed by atoms with Gasteiger partial charge in [0.15, 0.2) is 0 Å².